The van der Waals surface area contributed by atoms with Gasteiger partial charge in [-0.2, -0.15) is 5.10 Å². The van der Waals surface area contributed by atoms with E-state index >= 15 is 0 Å². The van der Waals surface area contributed by atoms with E-state index in [-0.39, 0.29) is 11.6 Å². The Morgan fingerprint density at radius 1 is 0.789 bits per heavy atom. The standard InChI is InChI=1S/C33H36N2O2Si/c1-33(2,3)38(29-14-7-5-8-15-29,30-16-9-6-10-17-30)37-32-22-25(21-26-13-11-12-18-31(26)32)19-20-28-23-27(24-36)34-35(28)4/h5-18,21-23,36H,19-20,24H2,1-4H3. The molecule has 0 aliphatic heterocycles. The van der Waals surface area contributed by atoms with E-state index in [0.717, 1.165) is 29.7 Å². The smallest absolute Gasteiger partial charge is 0.319 e. The molecular formula is C33H36N2O2Si. The highest BCUT2D eigenvalue weighted by Crippen LogP contribution is 2.40. The van der Waals surface area contributed by atoms with Crippen molar-refractivity contribution in [1.29, 1.82) is 0 Å². The van der Waals surface area contributed by atoms with Crippen molar-refractivity contribution in [2.45, 2.75) is 45.3 Å². The summed E-state index contributed by atoms with van der Waals surface area (Å²) in [6.07, 6.45) is 1.69. The lowest BCUT2D eigenvalue weighted by Crippen LogP contribution is -2.68. The number of fused-ring (bicyclic) bond motifs is 1. The van der Waals surface area contributed by atoms with Crippen LogP contribution in [0.2, 0.25) is 5.04 Å². The van der Waals surface area contributed by atoms with Crippen molar-refractivity contribution in [1.82, 2.24) is 9.78 Å². The van der Waals surface area contributed by atoms with Gasteiger partial charge in [0.25, 0.3) is 0 Å². The first kappa shape index (κ1) is 26.0. The van der Waals surface area contributed by atoms with E-state index in [1.807, 2.05) is 17.8 Å². The predicted molar refractivity (Wildman–Crippen MR) is 159 cm³/mol. The van der Waals surface area contributed by atoms with Crippen molar-refractivity contribution in [3.05, 3.63) is 120 Å². The molecule has 0 unspecified atom stereocenters. The van der Waals surface area contributed by atoms with E-state index in [4.69, 9.17) is 4.43 Å². The van der Waals surface area contributed by atoms with Gasteiger partial charge in [0.1, 0.15) is 5.75 Å². The molecule has 1 heterocycles. The Morgan fingerprint density at radius 3 is 1.97 bits per heavy atom. The summed E-state index contributed by atoms with van der Waals surface area (Å²) in [5, 5.41) is 18.6. The molecule has 5 rings (SSSR count). The third-order valence-corrected chi connectivity index (χ3v) is 12.4. The zero-order valence-corrected chi connectivity index (χ0v) is 23.7. The van der Waals surface area contributed by atoms with E-state index in [2.05, 4.69) is 123 Å². The number of aryl methyl sites for hydroxylation is 3. The van der Waals surface area contributed by atoms with Crippen molar-refractivity contribution in [2.75, 3.05) is 0 Å². The molecule has 0 spiro atoms. The van der Waals surface area contributed by atoms with Crippen LogP contribution in [0.3, 0.4) is 0 Å². The maximum absolute atomic E-state index is 9.49. The van der Waals surface area contributed by atoms with Gasteiger partial charge in [0.05, 0.1) is 12.3 Å². The maximum Gasteiger partial charge on any atom is 0.319 e. The lowest BCUT2D eigenvalue weighted by Gasteiger charge is -2.43. The Morgan fingerprint density at radius 2 is 1.39 bits per heavy atom. The fraction of sp³-hybridized carbons (Fsp3) is 0.242. The molecule has 0 fully saturated rings. The number of benzene rings is 4. The molecular weight excluding hydrogens is 484 g/mol. The summed E-state index contributed by atoms with van der Waals surface area (Å²) in [4.78, 5) is 0. The summed E-state index contributed by atoms with van der Waals surface area (Å²) in [6, 6.07) is 36.6. The number of hydrogen-bond acceptors (Lipinski definition) is 3. The Balaban J connectivity index is 1.64. The minimum Gasteiger partial charge on any atom is -0.534 e. The van der Waals surface area contributed by atoms with Crippen LogP contribution in [-0.2, 0) is 26.5 Å². The molecule has 0 aliphatic rings. The second kappa shape index (κ2) is 10.6. The summed E-state index contributed by atoms with van der Waals surface area (Å²) < 4.78 is 9.35. The molecule has 0 saturated carbocycles. The second-order valence-electron chi connectivity index (χ2n) is 11.0. The molecule has 0 aliphatic carbocycles. The Bertz CT molecular complexity index is 1480. The van der Waals surface area contributed by atoms with E-state index in [9.17, 15) is 5.11 Å². The average Bonchev–Trinajstić information content (AvgIpc) is 3.30. The SMILES string of the molecule is Cn1nc(CO)cc1CCc1cc(O[Si](c2ccccc2)(c2ccccc2)C(C)(C)C)c2ccccc2c1. The predicted octanol–water partition coefficient (Wildman–Crippen LogP) is 5.79. The van der Waals surface area contributed by atoms with Crippen molar-refractivity contribution >= 4 is 29.5 Å². The Kier molecular flexibility index (Phi) is 7.24. The number of hydrogen-bond donors (Lipinski definition) is 1. The fourth-order valence-electron chi connectivity index (χ4n) is 5.53. The van der Waals surface area contributed by atoms with Crippen LogP contribution in [0.5, 0.6) is 5.75 Å². The van der Waals surface area contributed by atoms with Gasteiger partial charge in [-0.1, -0.05) is 112 Å². The quantitative estimate of drug-likeness (QED) is 0.264. The van der Waals surface area contributed by atoms with Gasteiger partial charge in [0, 0.05) is 18.1 Å². The van der Waals surface area contributed by atoms with E-state index in [1.54, 1.807) is 0 Å². The van der Waals surface area contributed by atoms with Gasteiger partial charge in [0.15, 0.2) is 0 Å². The number of aliphatic hydroxyl groups is 1. The molecule has 5 heteroatoms. The molecule has 1 aromatic heterocycles. The zero-order chi connectivity index (χ0) is 26.8. The third kappa shape index (κ3) is 4.92. The first-order chi connectivity index (χ1) is 18.3. The number of aliphatic hydroxyl groups excluding tert-OH is 1. The highest BCUT2D eigenvalue weighted by Gasteiger charge is 2.52. The molecule has 1 N–H and O–H groups in total. The van der Waals surface area contributed by atoms with Crippen LogP contribution in [0.1, 0.15) is 37.7 Å². The van der Waals surface area contributed by atoms with E-state index in [0.29, 0.717) is 5.69 Å². The van der Waals surface area contributed by atoms with Gasteiger partial charge >= 0.3 is 8.32 Å². The van der Waals surface area contributed by atoms with Crippen LogP contribution < -0.4 is 14.8 Å². The maximum atomic E-state index is 9.49. The highest BCUT2D eigenvalue weighted by atomic mass is 28.4. The first-order valence-electron chi connectivity index (χ1n) is 13.3. The summed E-state index contributed by atoms with van der Waals surface area (Å²) in [5.41, 5.74) is 3.04. The van der Waals surface area contributed by atoms with Crippen LogP contribution in [0.4, 0.5) is 0 Å². The van der Waals surface area contributed by atoms with Gasteiger partial charge in [0.2, 0.25) is 0 Å². The van der Waals surface area contributed by atoms with Crippen molar-refractivity contribution < 1.29 is 9.53 Å². The molecule has 0 saturated heterocycles. The molecule has 0 amide bonds. The van der Waals surface area contributed by atoms with E-state index < -0.39 is 8.32 Å². The van der Waals surface area contributed by atoms with Crippen LogP contribution in [0.15, 0.2) is 103 Å². The van der Waals surface area contributed by atoms with Gasteiger partial charge in [-0.3, -0.25) is 4.68 Å². The largest absolute Gasteiger partial charge is 0.534 e. The lowest BCUT2D eigenvalue weighted by atomic mass is 10.0. The molecule has 0 radical (unpaired) electrons. The number of rotatable bonds is 8. The minimum absolute atomic E-state index is 0.0414. The van der Waals surface area contributed by atoms with Crippen LogP contribution >= 0.6 is 0 Å². The highest BCUT2D eigenvalue weighted by molar-refractivity contribution is 7.00. The monoisotopic (exact) mass is 520 g/mol. The first-order valence-corrected chi connectivity index (χ1v) is 15.2. The van der Waals surface area contributed by atoms with Gasteiger partial charge in [-0.15, -0.1) is 0 Å². The van der Waals surface area contributed by atoms with Crippen molar-refractivity contribution in [2.24, 2.45) is 7.05 Å². The van der Waals surface area contributed by atoms with Crippen LogP contribution in [0, 0.1) is 0 Å². The summed E-state index contributed by atoms with van der Waals surface area (Å²) in [5.74, 6) is 0.938. The zero-order valence-electron chi connectivity index (χ0n) is 22.7. The molecule has 4 aromatic carbocycles. The van der Waals surface area contributed by atoms with Gasteiger partial charge in [-0.05, 0) is 51.3 Å². The summed E-state index contributed by atoms with van der Waals surface area (Å²) >= 11 is 0. The van der Waals surface area contributed by atoms with Crippen molar-refractivity contribution in [3.8, 4) is 5.75 Å². The molecule has 4 nitrogen and oxygen atoms in total. The summed E-state index contributed by atoms with van der Waals surface area (Å²) in [7, 11) is -0.833. The molecule has 194 valence electrons. The molecule has 0 atom stereocenters. The average molecular weight is 521 g/mol. The molecule has 5 aromatic rings. The molecule has 38 heavy (non-hydrogen) atoms. The Labute approximate surface area is 226 Å². The van der Waals surface area contributed by atoms with Crippen molar-refractivity contribution in [3.63, 3.8) is 0 Å². The third-order valence-electron chi connectivity index (χ3n) is 7.42. The molecule has 0 bridgehead atoms. The fourth-order valence-corrected chi connectivity index (χ4v) is 9.96. The topological polar surface area (TPSA) is 47.3 Å². The summed E-state index contributed by atoms with van der Waals surface area (Å²) in [6.45, 7) is 6.89. The Hall–Kier alpha value is -3.67. The van der Waals surface area contributed by atoms with E-state index in [1.165, 1.54) is 21.3 Å². The lowest BCUT2D eigenvalue weighted by molar-refractivity contribution is 0.275. The minimum atomic E-state index is -2.77. The number of aromatic nitrogens is 2. The number of nitrogens with zero attached hydrogens (tertiary/aromatic N) is 2. The van der Waals surface area contributed by atoms with Gasteiger partial charge < -0.3 is 9.53 Å². The van der Waals surface area contributed by atoms with Gasteiger partial charge in [-0.25, -0.2) is 0 Å². The second-order valence-corrected chi connectivity index (χ2v) is 15.2. The van der Waals surface area contributed by atoms with Crippen LogP contribution in [-0.4, -0.2) is 23.2 Å². The van der Waals surface area contributed by atoms with Crippen LogP contribution in [0.25, 0.3) is 10.8 Å². The normalized spacial score (nSPS) is 12.1.